The molecule has 1 aliphatic carbocycles. The minimum atomic E-state index is -0.0781. The van der Waals surface area contributed by atoms with E-state index in [4.69, 9.17) is 14.2 Å². The molecular formula is C29H29N3O3. The number of rotatable bonds is 7. The summed E-state index contributed by atoms with van der Waals surface area (Å²) in [6.45, 7) is 4.35. The Balaban J connectivity index is 1.32. The van der Waals surface area contributed by atoms with Crippen LogP contribution in [-0.2, 0) is 9.53 Å². The van der Waals surface area contributed by atoms with Gasteiger partial charge in [-0.25, -0.2) is 0 Å². The Labute approximate surface area is 205 Å². The summed E-state index contributed by atoms with van der Waals surface area (Å²) in [5.41, 5.74) is 6.11. The number of nitrogens with one attached hydrogen (secondary N) is 1. The molecular weight excluding hydrogens is 438 g/mol. The molecule has 0 bridgehead atoms. The molecule has 1 aromatic heterocycles. The quantitative estimate of drug-likeness (QED) is 0.312. The van der Waals surface area contributed by atoms with Crippen LogP contribution in [-0.4, -0.2) is 28.8 Å². The van der Waals surface area contributed by atoms with Crippen molar-refractivity contribution in [1.82, 2.24) is 10.1 Å². The topological polar surface area (TPSA) is 77.2 Å². The SMILES string of the molecule is CCOC(=O)C1CCC(Nc2ccc(-c3noc(-c4ccccc4-c4ccccc4)n3)cc2C)C1. The van der Waals surface area contributed by atoms with E-state index in [9.17, 15) is 4.79 Å². The minimum Gasteiger partial charge on any atom is -0.466 e. The highest BCUT2D eigenvalue weighted by molar-refractivity contribution is 5.80. The van der Waals surface area contributed by atoms with E-state index < -0.39 is 0 Å². The second-order valence-electron chi connectivity index (χ2n) is 8.97. The lowest BCUT2D eigenvalue weighted by atomic mass is 10.00. The standard InChI is InChI=1S/C29H29N3O3/c1-3-34-29(33)22-13-15-23(18-22)30-26-16-14-21(17-19(26)2)27-31-28(35-32-27)25-12-8-7-11-24(25)20-9-5-4-6-10-20/h4-12,14,16-17,22-23,30H,3,13,15,18H2,1-2H3. The number of carbonyl (C=O) groups excluding carboxylic acids is 1. The number of benzene rings is 3. The molecule has 6 heteroatoms. The Hall–Kier alpha value is -3.93. The molecule has 3 aromatic carbocycles. The third-order valence-electron chi connectivity index (χ3n) is 6.57. The number of hydrogen-bond acceptors (Lipinski definition) is 6. The van der Waals surface area contributed by atoms with Gasteiger partial charge in [-0.05, 0) is 74.1 Å². The van der Waals surface area contributed by atoms with Crippen molar-refractivity contribution in [3.05, 3.63) is 78.4 Å². The molecule has 2 atom stereocenters. The van der Waals surface area contributed by atoms with Crippen LogP contribution in [0.1, 0.15) is 31.7 Å². The van der Waals surface area contributed by atoms with Crippen molar-refractivity contribution in [2.45, 2.75) is 39.2 Å². The molecule has 6 nitrogen and oxygen atoms in total. The van der Waals surface area contributed by atoms with E-state index in [1.807, 2.05) is 49.4 Å². The van der Waals surface area contributed by atoms with Crippen LogP contribution >= 0.6 is 0 Å². The van der Waals surface area contributed by atoms with Crippen LogP contribution in [0.3, 0.4) is 0 Å². The van der Waals surface area contributed by atoms with Gasteiger partial charge in [0.25, 0.3) is 5.89 Å². The summed E-state index contributed by atoms with van der Waals surface area (Å²) in [4.78, 5) is 16.8. The number of nitrogens with zero attached hydrogens (tertiary/aromatic N) is 2. The molecule has 4 aromatic rings. The van der Waals surface area contributed by atoms with Crippen LogP contribution in [0.2, 0.25) is 0 Å². The van der Waals surface area contributed by atoms with Crippen molar-refractivity contribution in [3.63, 3.8) is 0 Å². The lowest BCUT2D eigenvalue weighted by Gasteiger charge is -2.17. The van der Waals surface area contributed by atoms with Gasteiger partial charge in [-0.2, -0.15) is 4.98 Å². The van der Waals surface area contributed by atoms with Gasteiger partial charge in [-0.3, -0.25) is 4.79 Å². The number of carbonyl (C=O) groups is 1. The third-order valence-corrected chi connectivity index (χ3v) is 6.57. The van der Waals surface area contributed by atoms with Gasteiger partial charge in [0.05, 0.1) is 12.5 Å². The number of aryl methyl sites for hydroxylation is 1. The Morgan fingerprint density at radius 2 is 1.77 bits per heavy atom. The minimum absolute atomic E-state index is 0.0106. The highest BCUT2D eigenvalue weighted by atomic mass is 16.5. The average molecular weight is 468 g/mol. The zero-order valence-electron chi connectivity index (χ0n) is 20.0. The monoisotopic (exact) mass is 467 g/mol. The van der Waals surface area contributed by atoms with Crippen LogP contribution in [0.5, 0.6) is 0 Å². The zero-order valence-corrected chi connectivity index (χ0v) is 20.0. The predicted molar refractivity (Wildman–Crippen MR) is 137 cm³/mol. The van der Waals surface area contributed by atoms with Crippen molar-refractivity contribution >= 4 is 11.7 Å². The molecule has 0 aliphatic heterocycles. The Morgan fingerprint density at radius 1 is 1.00 bits per heavy atom. The van der Waals surface area contributed by atoms with E-state index in [1.54, 1.807) is 0 Å². The Bertz CT molecular complexity index is 1320. The summed E-state index contributed by atoms with van der Waals surface area (Å²) >= 11 is 0. The maximum atomic E-state index is 12.0. The summed E-state index contributed by atoms with van der Waals surface area (Å²) in [5.74, 6) is 0.963. The molecule has 178 valence electrons. The van der Waals surface area contributed by atoms with E-state index in [0.717, 1.165) is 52.8 Å². The number of ether oxygens (including phenoxy) is 1. The largest absolute Gasteiger partial charge is 0.466 e. The molecule has 0 amide bonds. The van der Waals surface area contributed by atoms with Crippen molar-refractivity contribution in [1.29, 1.82) is 0 Å². The summed E-state index contributed by atoms with van der Waals surface area (Å²) in [5, 5.41) is 7.86. The lowest BCUT2D eigenvalue weighted by Crippen LogP contribution is -2.20. The van der Waals surface area contributed by atoms with Crippen molar-refractivity contribution in [3.8, 4) is 34.0 Å². The first-order valence-corrected chi connectivity index (χ1v) is 12.1. The van der Waals surface area contributed by atoms with Crippen molar-refractivity contribution < 1.29 is 14.1 Å². The molecule has 2 unspecified atom stereocenters. The van der Waals surface area contributed by atoms with Gasteiger partial charge in [0.2, 0.25) is 5.82 Å². The molecule has 0 spiro atoms. The third kappa shape index (κ3) is 4.97. The van der Waals surface area contributed by atoms with E-state index in [1.165, 1.54) is 0 Å². The highest BCUT2D eigenvalue weighted by Crippen LogP contribution is 2.34. The first-order valence-electron chi connectivity index (χ1n) is 12.1. The number of hydrogen-bond donors (Lipinski definition) is 1. The molecule has 1 saturated carbocycles. The molecule has 0 radical (unpaired) electrons. The van der Waals surface area contributed by atoms with Crippen LogP contribution in [0.15, 0.2) is 77.3 Å². The Kier molecular flexibility index (Phi) is 6.62. The van der Waals surface area contributed by atoms with E-state index in [0.29, 0.717) is 18.3 Å². The highest BCUT2D eigenvalue weighted by Gasteiger charge is 2.31. The molecule has 0 saturated heterocycles. The summed E-state index contributed by atoms with van der Waals surface area (Å²) in [6.07, 6.45) is 2.62. The van der Waals surface area contributed by atoms with Crippen LogP contribution in [0.4, 0.5) is 5.69 Å². The van der Waals surface area contributed by atoms with Gasteiger partial charge in [-0.1, -0.05) is 53.7 Å². The molecule has 1 fully saturated rings. The molecule has 35 heavy (non-hydrogen) atoms. The fourth-order valence-electron chi connectivity index (χ4n) is 4.76. The van der Waals surface area contributed by atoms with Crippen LogP contribution in [0, 0.1) is 12.8 Å². The Morgan fingerprint density at radius 3 is 2.54 bits per heavy atom. The second kappa shape index (κ2) is 10.1. The van der Waals surface area contributed by atoms with Gasteiger partial charge >= 0.3 is 5.97 Å². The van der Waals surface area contributed by atoms with Gasteiger partial charge in [0, 0.05) is 22.9 Å². The number of esters is 1. The average Bonchev–Trinajstić information content (AvgIpc) is 3.56. The lowest BCUT2D eigenvalue weighted by molar-refractivity contribution is -0.147. The predicted octanol–water partition coefficient (Wildman–Crippen LogP) is 6.52. The van der Waals surface area contributed by atoms with Gasteiger partial charge in [0.15, 0.2) is 0 Å². The number of aromatic nitrogens is 2. The van der Waals surface area contributed by atoms with E-state index >= 15 is 0 Å². The fraction of sp³-hybridized carbons (Fsp3) is 0.276. The maximum absolute atomic E-state index is 12.0. The fourth-order valence-corrected chi connectivity index (χ4v) is 4.76. The van der Waals surface area contributed by atoms with Gasteiger partial charge in [0.1, 0.15) is 0 Å². The zero-order chi connectivity index (χ0) is 24.2. The first-order chi connectivity index (χ1) is 17.1. The number of anilines is 1. The molecule has 1 aliphatic rings. The first kappa shape index (κ1) is 22.8. The normalized spacial score (nSPS) is 17.3. The maximum Gasteiger partial charge on any atom is 0.308 e. The van der Waals surface area contributed by atoms with Gasteiger partial charge < -0.3 is 14.6 Å². The molecule has 1 N–H and O–H groups in total. The van der Waals surface area contributed by atoms with Crippen LogP contribution in [0.25, 0.3) is 34.0 Å². The van der Waals surface area contributed by atoms with E-state index in [-0.39, 0.29) is 17.9 Å². The second-order valence-corrected chi connectivity index (χ2v) is 8.97. The van der Waals surface area contributed by atoms with Gasteiger partial charge in [-0.15, -0.1) is 0 Å². The summed E-state index contributed by atoms with van der Waals surface area (Å²) < 4.78 is 10.9. The van der Waals surface area contributed by atoms with Crippen LogP contribution < -0.4 is 5.32 Å². The smallest absolute Gasteiger partial charge is 0.308 e. The summed E-state index contributed by atoms with van der Waals surface area (Å²) in [6, 6.07) is 24.6. The summed E-state index contributed by atoms with van der Waals surface area (Å²) in [7, 11) is 0. The molecule has 1 heterocycles. The molecule has 5 rings (SSSR count). The van der Waals surface area contributed by atoms with Crippen molar-refractivity contribution in [2.75, 3.05) is 11.9 Å². The van der Waals surface area contributed by atoms with E-state index in [2.05, 4.69) is 47.7 Å². The van der Waals surface area contributed by atoms with Crippen molar-refractivity contribution in [2.24, 2.45) is 5.92 Å².